The van der Waals surface area contributed by atoms with Crippen LogP contribution in [0.3, 0.4) is 0 Å². The Morgan fingerprint density at radius 2 is 1.50 bits per heavy atom. The molecule has 18 heavy (non-hydrogen) atoms. The molecule has 2 unspecified atom stereocenters. The molecular formula is C14H23NO3. The Morgan fingerprint density at radius 3 is 2.06 bits per heavy atom. The van der Waals surface area contributed by atoms with Gasteiger partial charge in [0.2, 0.25) is 5.91 Å². The molecular weight excluding hydrogens is 230 g/mol. The number of carbonyl (C=O) groups is 2. The first-order valence-electron chi connectivity index (χ1n) is 7.20. The number of amides is 1. The van der Waals surface area contributed by atoms with Crippen LogP contribution >= 0.6 is 0 Å². The van der Waals surface area contributed by atoms with Crippen molar-refractivity contribution < 1.29 is 14.7 Å². The Hall–Kier alpha value is -1.06. The zero-order valence-corrected chi connectivity index (χ0v) is 10.9. The lowest BCUT2D eigenvalue weighted by atomic mass is 10.0. The second-order valence-electron chi connectivity index (χ2n) is 5.74. The summed E-state index contributed by atoms with van der Waals surface area (Å²) < 4.78 is 0. The van der Waals surface area contributed by atoms with Crippen LogP contribution in [0.5, 0.6) is 0 Å². The number of hydrogen-bond donors (Lipinski definition) is 2. The molecule has 0 saturated heterocycles. The molecule has 1 amide bonds. The summed E-state index contributed by atoms with van der Waals surface area (Å²) in [4.78, 5) is 23.0. The maximum Gasteiger partial charge on any atom is 0.306 e. The van der Waals surface area contributed by atoms with Crippen molar-refractivity contribution in [1.29, 1.82) is 0 Å². The van der Waals surface area contributed by atoms with Gasteiger partial charge >= 0.3 is 5.97 Å². The fourth-order valence-corrected chi connectivity index (χ4v) is 3.19. The summed E-state index contributed by atoms with van der Waals surface area (Å²) in [5, 5.41) is 12.1. The van der Waals surface area contributed by atoms with Crippen molar-refractivity contribution in [1.82, 2.24) is 5.32 Å². The zero-order valence-electron chi connectivity index (χ0n) is 10.9. The summed E-state index contributed by atoms with van der Waals surface area (Å²) in [5.41, 5.74) is 0. The highest BCUT2D eigenvalue weighted by Crippen LogP contribution is 2.31. The van der Waals surface area contributed by atoms with Crippen LogP contribution in [-0.4, -0.2) is 23.0 Å². The Bertz CT molecular complexity index is 308. The molecule has 0 heterocycles. The molecule has 2 saturated carbocycles. The first-order valence-corrected chi connectivity index (χ1v) is 7.20. The summed E-state index contributed by atoms with van der Waals surface area (Å²) in [6.45, 7) is 0. The molecule has 2 fully saturated rings. The summed E-state index contributed by atoms with van der Waals surface area (Å²) in [6.07, 6.45) is 9.03. The summed E-state index contributed by atoms with van der Waals surface area (Å²) in [6, 6.07) is 0.323. The minimum Gasteiger partial charge on any atom is -0.481 e. The summed E-state index contributed by atoms with van der Waals surface area (Å²) in [7, 11) is 0. The molecule has 0 radical (unpaired) electrons. The highest BCUT2D eigenvalue weighted by molar-refractivity contribution is 5.81. The monoisotopic (exact) mass is 253 g/mol. The number of nitrogens with one attached hydrogen (secondary N) is 1. The fourth-order valence-electron chi connectivity index (χ4n) is 3.19. The van der Waals surface area contributed by atoms with E-state index in [1.807, 2.05) is 0 Å². The van der Waals surface area contributed by atoms with Gasteiger partial charge in [-0.3, -0.25) is 9.59 Å². The van der Waals surface area contributed by atoms with Gasteiger partial charge in [-0.2, -0.15) is 0 Å². The number of carboxylic acid groups (broad SMARTS) is 1. The predicted octanol–water partition coefficient (Wildman–Crippen LogP) is 2.33. The van der Waals surface area contributed by atoms with E-state index >= 15 is 0 Å². The van der Waals surface area contributed by atoms with E-state index in [0.29, 0.717) is 18.9 Å². The van der Waals surface area contributed by atoms with Crippen LogP contribution in [-0.2, 0) is 9.59 Å². The molecule has 2 atom stereocenters. The molecule has 0 aromatic rings. The molecule has 2 aliphatic rings. The first kappa shape index (κ1) is 13.4. The molecule has 4 nitrogen and oxygen atoms in total. The number of rotatable bonds is 3. The second-order valence-corrected chi connectivity index (χ2v) is 5.74. The lowest BCUT2D eigenvalue weighted by Crippen LogP contribution is -2.38. The van der Waals surface area contributed by atoms with Crippen molar-refractivity contribution in [3.8, 4) is 0 Å². The molecule has 0 aromatic carbocycles. The average Bonchev–Trinajstić information content (AvgIpc) is 2.70. The van der Waals surface area contributed by atoms with Crippen LogP contribution in [0.25, 0.3) is 0 Å². The maximum atomic E-state index is 12.1. The molecule has 0 aromatic heterocycles. The third kappa shape index (κ3) is 3.47. The van der Waals surface area contributed by atoms with Gasteiger partial charge in [-0.25, -0.2) is 0 Å². The third-order valence-corrected chi connectivity index (χ3v) is 4.35. The Balaban J connectivity index is 1.79. The van der Waals surface area contributed by atoms with E-state index < -0.39 is 5.97 Å². The van der Waals surface area contributed by atoms with Gasteiger partial charge in [-0.15, -0.1) is 0 Å². The molecule has 2 rings (SSSR count). The smallest absolute Gasteiger partial charge is 0.306 e. The molecule has 2 aliphatic carbocycles. The van der Waals surface area contributed by atoms with Gasteiger partial charge in [-0.05, 0) is 32.1 Å². The van der Waals surface area contributed by atoms with E-state index in [1.54, 1.807) is 0 Å². The minimum absolute atomic E-state index is 0.0747. The summed E-state index contributed by atoms with van der Waals surface area (Å²) in [5.74, 6) is -1.05. The van der Waals surface area contributed by atoms with Gasteiger partial charge < -0.3 is 10.4 Å². The SMILES string of the molecule is O=C(O)C1CCC(C(=O)NC2CCCCCC2)C1. The molecule has 2 N–H and O–H groups in total. The predicted molar refractivity (Wildman–Crippen MR) is 68.1 cm³/mol. The summed E-state index contributed by atoms with van der Waals surface area (Å²) >= 11 is 0. The van der Waals surface area contributed by atoms with Gasteiger partial charge in [0.25, 0.3) is 0 Å². The van der Waals surface area contributed by atoms with Crippen molar-refractivity contribution >= 4 is 11.9 Å². The lowest BCUT2D eigenvalue weighted by molar-refractivity contribution is -0.141. The quantitative estimate of drug-likeness (QED) is 0.759. The van der Waals surface area contributed by atoms with Gasteiger partial charge in [0.15, 0.2) is 0 Å². The van der Waals surface area contributed by atoms with Crippen LogP contribution < -0.4 is 5.32 Å². The van der Waals surface area contributed by atoms with Crippen LogP contribution in [0.4, 0.5) is 0 Å². The van der Waals surface area contributed by atoms with E-state index in [4.69, 9.17) is 5.11 Å². The lowest BCUT2D eigenvalue weighted by Gasteiger charge is -2.19. The van der Waals surface area contributed by atoms with Gasteiger partial charge in [0.1, 0.15) is 0 Å². The number of aliphatic carboxylic acids is 1. The van der Waals surface area contributed by atoms with Crippen molar-refractivity contribution in [2.45, 2.75) is 63.8 Å². The van der Waals surface area contributed by atoms with Crippen molar-refractivity contribution in [2.75, 3.05) is 0 Å². The Kier molecular flexibility index (Phi) is 4.61. The van der Waals surface area contributed by atoms with Crippen molar-refractivity contribution in [2.24, 2.45) is 11.8 Å². The highest BCUT2D eigenvalue weighted by Gasteiger charge is 2.34. The average molecular weight is 253 g/mol. The van der Waals surface area contributed by atoms with E-state index in [-0.39, 0.29) is 17.7 Å². The van der Waals surface area contributed by atoms with Gasteiger partial charge in [0, 0.05) is 12.0 Å². The fraction of sp³-hybridized carbons (Fsp3) is 0.857. The second kappa shape index (κ2) is 6.21. The van der Waals surface area contributed by atoms with E-state index in [1.165, 1.54) is 25.7 Å². The zero-order chi connectivity index (χ0) is 13.0. The standard InChI is InChI=1S/C14H23NO3/c16-13(10-7-8-11(9-10)14(17)18)15-12-5-3-1-2-4-6-12/h10-12H,1-9H2,(H,15,16)(H,17,18). The van der Waals surface area contributed by atoms with E-state index in [2.05, 4.69) is 5.32 Å². The van der Waals surface area contributed by atoms with Crippen LogP contribution in [0, 0.1) is 11.8 Å². The number of carboxylic acids is 1. The number of hydrogen-bond acceptors (Lipinski definition) is 2. The molecule has 0 bridgehead atoms. The Labute approximate surface area is 108 Å². The van der Waals surface area contributed by atoms with Crippen molar-refractivity contribution in [3.05, 3.63) is 0 Å². The van der Waals surface area contributed by atoms with Gasteiger partial charge in [-0.1, -0.05) is 25.7 Å². The van der Waals surface area contributed by atoms with E-state index in [9.17, 15) is 9.59 Å². The highest BCUT2D eigenvalue weighted by atomic mass is 16.4. The van der Waals surface area contributed by atoms with E-state index in [0.717, 1.165) is 19.3 Å². The molecule has 102 valence electrons. The largest absolute Gasteiger partial charge is 0.481 e. The third-order valence-electron chi connectivity index (χ3n) is 4.35. The topological polar surface area (TPSA) is 66.4 Å². The minimum atomic E-state index is -0.750. The van der Waals surface area contributed by atoms with Crippen LogP contribution in [0.1, 0.15) is 57.8 Å². The Morgan fingerprint density at radius 1 is 0.889 bits per heavy atom. The van der Waals surface area contributed by atoms with Gasteiger partial charge in [0.05, 0.1) is 5.92 Å². The first-order chi connectivity index (χ1) is 8.66. The van der Waals surface area contributed by atoms with Crippen LogP contribution in [0.2, 0.25) is 0 Å². The number of carbonyl (C=O) groups excluding carboxylic acids is 1. The molecule has 0 spiro atoms. The normalized spacial score (nSPS) is 29.8. The van der Waals surface area contributed by atoms with Crippen molar-refractivity contribution in [3.63, 3.8) is 0 Å². The molecule has 4 heteroatoms. The van der Waals surface area contributed by atoms with Crippen LogP contribution in [0.15, 0.2) is 0 Å². The molecule has 0 aliphatic heterocycles. The maximum absolute atomic E-state index is 12.1.